The van der Waals surface area contributed by atoms with Crippen LogP contribution in [-0.4, -0.2) is 0 Å². The molecule has 1 aliphatic carbocycles. The summed E-state index contributed by atoms with van der Waals surface area (Å²) in [7, 11) is 0. The molecule has 1 atom stereocenters. The Balaban J connectivity index is 2.44. The first kappa shape index (κ1) is 8.60. The van der Waals surface area contributed by atoms with Crippen molar-refractivity contribution in [1.29, 1.82) is 0 Å². The lowest BCUT2D eigenvalue weighted by molar-refractivity contribution is 0.586. The molecule has 1 heterocycles. The Morgan fingerprint density at radius 2 is 2.27 bits per heavy atom. The van der Waals surface area contributed by atoms with Crippen molar-refractivity contribution in [2.24, 2.45) is 0 Å². The summed E-state index contributed by atoms with van der Waals surface area (Å²) >= 11 is 0. The second-order valence-corrected chi connectivity index (χ2v) is 4.14. The van der Waals surface area contributed by atoms with Crippen LogP contribution < -0.4 is 5.73 Å². The largest absolute Gasteiger partial charge is 0.456 e. The predicted molar refractivity (Wildman–Crippen MR) is 62.7 cm³/mol. The van der Waals surface area contributed by atoms with E-state index in [1.807, 2.05) is 18.2 Å². The minimum absolute atomic E-state index is 0.496. The van der Waals surface area contributed by atoms with Crippen molar-refractivity contribution < 1.29 is 4.42 Å². The van der Waals surface area contributed by atoms with E-state index in [0.29, 0.717) is 5.92 Å². The molecule has 3 rings (SSSR count). The van der Waals surface area contributed by atoms with E-state index in [1.165, 1.54) is 5.56 Å². The first-order valence-corrected chi connectivity index (χ1v) is 5.25. The normalized spacial score (nSPS) is 19.4. The summed E-state index contributed by atoms with van der Waals surface area (Å²) in [5.74, 6) is 1.47. The number of furan rings is 1. The number of hydrogen-bond acceptors (Lipinski definition) is 2. The smallest absolute Gasteiger partial charge is 0.137 e. The Morgan fingerprint density at radius 1 is 1.40 bits per heavy atom. The van der Waals surface area contributed by atoms with Crippen LogP contribution in [0.1, 0.15) is 30.6 Å². The molecule has 1 unspecified atom stereocenters. The van der Waals surface area contributed by atoms with Gasteiger partial charge in [-0.05, 0) is 30.5 Å². The highest BCUT2D eigenvalue weighted by Gasteiger charge is 2.21. The number of allylic oxidation sites excluding steroid dienone is 1. The second-order valence-electron chi connectivity index (χ2n) is 4.14. The van der Waals surface area contributed by atoms with Crippen molar-refractivity contribution in [2.45, 2.75) is 19.3 Å². The zero-order valence-electron chi connectivity index (χ0n) is 8.66. The van der Waals surface area contributed by atoms with Gasteiger partial charge in [0.15, 0.2) is 0 Å². The van der Waals surface area contributed by atoms with Crippen molar-refractivity contribution in [3.63, 3.8) is 0 Å². The maximum absolute atomic E-state index is 6.00. The maximum atomic E-state index is 6.00. The Morgan fingerprint density at radius 3 is 3.13 bits per heavy atom. The standard InChI is InChI=1S/C13H13NO/c1-8-4-2-6-10-12(8)13-9(14)5-3-7-11(13)15-10/h2-3,5-8H,4,14H2,1H3. The number of anilines is 1. The van der Waals surface area contributed by atoms with Crippen molar-refractivity contribution in [1.82, 2.24) is 0 Å². The molecule has 0 saturated heterocycles. The summed E-state index contributed by atoms with van der Waals surface area (Å²) in [6.45, 7) is 2.21. The van der Waals surface area contributed by atoms with Crippen LogP contribution in [0, 0.1) is 0 Å². The molecule has 2 nitrogen and oxygen atoms in total. The average molecular weight is 199 g/mol. The van der Waals surface area contributed by atoms with E-state index >= 15 is 0 Å². The Hall–Kier alpha value is -1.70. The van der Waals surface area contributed by atoms with E-state index in [-0.39, 0.29) is 0 Å². The zero-order chi connectivity index (χ0) is 10.4. The molecule has 0 amide bonds. The van der Waals surface area contributed by atoms with Gasteiger partial charge in [0.2, 0.25) is 0 Å². The quantitative estimate of drug-likeness (QED) is 0.659. The van der Waals surface area contributed by atoms with Crippen molar-refractivity contribution in [2.75, 3.05) is 5.73 Å². The van der Waals surface area contributed by atoms with Crippen LogP contribution >= 0.6 is 0 Å². The molecule has 0 spiro atoms. The molecule has 2 aromatic rings. The van der Waals surface area contributed by atoms with Gasteiger partial charge in [-0.25, -0.2) is 0 Å². The molecule has 0 radical (unpaired) electrons. The summed E-state index contributed by atoms with van der Waals surface area (Å²) in [4.78, 5) is 0. The minimum atomic E-state index is 0.496. The summed E-state index contributed by atoms with van der Waals surface area (Å²) in [6, 6.07) is 5.84. The van der Waals surface area contributed by atoms with Crippen LogP contribution in [-0.2, 0) is 0 Å². The molecule has 1 aromatic carbocycles. The van der Waals surface area contributed by atoms with Crippen LogP contribution in [0.25, 0.3) is 17.0 Å². The number of nitrogens with two attached hydrogens (primary N) is 1. The highest BCUT2D eigenvalue weighted by Crippen LogP contribution is 2.39. The Kier molecular flexibility index (Phi) is 1.66. The van der Waals surface area contributed by atoms with Crippen LogP contribution in [0.5, 0.6) is 0 Å². The van der Waals surface area contributed by atoms with Crippen LogP contribution in [0.15, 0.2) is 28.7 Å². The van der Waals surface area contributed by atoms with E-state index in [0.717, 1.165) is 28.8 Å². The lowest BCUT2D eigenvalue weighted by Crippen LogP contribution is -1.98. The molecule has 0 bridgehead atoms. The van der Waals surface area contributed by atoms with Gasteiger partial charge in [0.1, 0.15) is 11.3 Å². The number of fused-ring (bicyclic) bond motifs is 3. The Bertz CT molecular complexity index is 551. The molecule has 15 heavy (non-hydrogen) atoms. The first-order valence-electron chi connectivity index (χ1n) is 5.25. The van der Waals surface area contributed by atoms with Crippen LogP contribution in [0.4, 0.5) is 5.69 Å². The minimum Gasteiger partial charge on any atom is -0.456 e. The van der Waals surface area contributed by atoms with E-state index in [4.69, 9.17) is 10.2 Å². The average Bonchev–Trinajstić information content (AvgIpc) is 2.58. The molecule has 76 valence electrons. The van der Waals surface area contributed by atoms with Gasteiger partial charge < -0.3 is 10.2 Å². The van der Waals surface area contributed by atoms with Crippen LogP contribution in [0.2, 0.25) is 0 Å². The second kappa shape index (κ2) is 2.89. The van der Waals surface area contributed by atoms with E-state index in [1.54, 1.807) is 0 Å². The van der Waals surface area contributed by atoms with Crippen LogP contribution in [0.3, 0.4) is 0 Å². The molecule has 2 heteroatoms. The zero-order valence-corrected chi connectivity index (χ0v) is 8.66. The maximum Gasteiger partial charge on any atom is 0.137 e. The van der Waals surface area contributed by atoms with E-state index in [2.05, 4.69) is 19.1 Å². The van der Waals surface area contributed by atoms with Gasteiger partial charge in [-0.2, -0.15) is 0 Å². The van der Waals surface area contributed by atoms with E-state index in [9.17, 15) is 0 Å². The lowest BCUT2D eigenvalue weighted by atomic mass is 9.90. The molecule has 0 saturated carbocycles. The van der Waals surface area contributed by atoms with Gasteiger partial charge in [-0.15, -0.1) is 0 Å². The fraction of sp³-hybridized carbons (Fsp3) is 0.231. The number of nitrogen functional groups attached to an aromatic ring is 1. The number of hydrogen-bond donors (Lipinski definition) is 1. The number of benzene rings is 1. The molecule has 2 N–H and O–H groups in total. The predicted octanol–water partition coefficient (Wildman–Crippen LogP) is 3.54. The third-order valence-corrected chi connectivity index (χ3v) is 3.06. The molecular formula is C13H13NO. The van der Waals surface area contributed by atoms with Gasteiger partial charge in [0.05, 0.1) is 0 Å². The highest BCUT2D eigenvalue weighted by molar-refractivity contribution is 5.95. The SMILES string of the molecule is CC1CC=Cc2oc3cccc(N)c3c21. The number of rotatable bonds is 0. The fourth-order valence-corrected chi connectivity index (χ4v) is 2.33. The van der Waals surface area contributed by atoms with Crippen molar-refractivity contribution in [3.05, 3.63) is 35.6 Å². The molecule has 1 aromatic heterocycles. The van der Waals surface area contributed by atoms with Gasteiger partial charge in [0, 0.05) is 16.6 Å². The molecule has 1 aliphatic rings. The third kappa shape index (κ3) is 1.11. The summed E-state index contributed by atoms with van der Waals surface area (Å²) < 4.78 is 5.77. The first-order chi connectivity index (χ1) is 7.27. The monoisotopic (exact) mass is 199 g/mol. The highest BCUT2D eigenvalue weighted by atomic mass is 16.3. The van der Waals surface area contributed by atoms with Gasteiger partial charge >= 0.3 is 0 Å². The molecule has 0 aliphatic heterocycles. The topological polar surface area (TPSA) is 39.2 Å². The summed E-state index contributed by atoms with van der Waals surface area (Å²) in [6.07, 6.45) is 5.27. The van der Waals surface area contributed by atoms with Gasteiger partial charge in [0.25, 0.3) is 0 Å². The Labute approximate surface area is 88.4 Å². The van der Waals surface area contributed by atoms with Crippen molar-refractivity contribution >= 4 is 22.7 Å². The summed E-state index contributed by atoms with van der Waals surface area (Å²) in [5.41, 5.74) is 8.99. The van der Waals surface area contributed by atoms with Gasteiger partial charge in [-0.1, -0.05) is 19.1 Å². The van der Waals surface area contributed by atoms with E-state index < -0.39 is 0 Å². The van der Waals surface area contributed by atoms with Gasteiger partial charge in [-0.3, -0.25) is 0 Å². The lowest BCUT2D eigenvalue weighted by Gasteiger charge is -2.13. The molecule has 0 fully saturated rings. The third-order valence-electron chi connectivity index (χ3n) is 3.06. The summed E-state index contributed by atoms with van der Waals surface area (Å²) in [5, 5.41) is 1.10. The van der Waals surface area contributed by atoms with Crippen molar-refractivity contribution in [3.8, 4) is 0 Å². The fourth-order valence-electron chi connectivity index (χ4n) is 2.33. The molecular weight excluding hydrogens is 186 g/mol.